The topological polar surface area (TPSA) is 33.7 Å². The van der Waals surface area contributed by atoms with Crippen LogP contribution in [0, 0.1) is 5.92 Å². The van der Waals surface area contributed by atoms with Gasteiger partial charge >= 0.3 is 0 Å². The first-order valence-corrected chi connectivity index (χ1v) is 6.27. The van der Waals surface area contributed by atoms with E-state index >= 15 is 0 Å². The summed E-state index contributed by atoms with van der Waals surface area (Å²) >= 11 is 0. The fourth-order valence-electron chi connectivity index (χ4n) is 2.18. The Morgan fingerprint density at radius 2 is 2.00 bits per heavy atom. The summed E-state index contributed by atoms with van der Waals surface area (Å²) in [5.41, 5.74) is 0. The molecular weight excluding hydrogens is 204 g/mol. The monoisotopic (exact) mass is 230 g/mol. The molecule has 4 nitrogen and oxygen atoms in total. The number of hydrogen-bond donors (Lipinski definition) is 1. The molecule has 0 aromatic rings. The van der Waals surface area contributed by atoms with Gasteiger partial charge in [-0.25, -0.2) is 0 Å². The lowest BCUT2D eigenvalue weighted by Gasteiger charge is -2.24. The lowest BCUT2D eigenvalue weighted by atomic mass is 10.1. The molecule has 1 aliphatic heterocycles. The van der Waals surface area contributed by atoms with Crippen LogP contribution in [0.4, 0.5) is 0 Å². The minimum absolute atomic E-state index is 0.819. The van der Waals surface area contributed by atoms with Gasteiger partial charge in [-0.3, -0.25) is 0 Å². The molecule has 0 radical (unpaired) electrons. The third-order valence-electron chi connectivity index (χ3n) is 3.11. The second kappa shape index (κ2) is 8.93. The summed E-state index contributed by atoms with van der Waals surface area (Å²) in [5.74, 6) is 0.819. The molecule has 1 saturated heterocycles. The minimum Gasteiger partial charge on any atom is -0.385 e. The Morgan fingerprint density at radius 3 is 2.62 bits per heavy atom. The molecule has 0 aromatic carbocycles. The van der Waals surface area contributed by atoms with Crippen LogP contribution in [0.2, 0.25) is 0 Å². The van der Waals surface area contributed by atoms with Crippen LogP contribution in [0.3, 0.4) is 0 Å². The lowest BCUT2D eigenvalue weighted by molar-refractivity contribution is 0.124. The van der Waals surface area contributed by atoms with Crippen molar-refractivity contribution in [1.29, 1.82) is 0 Å². The molecule has 1 heterocycles. The first-order chi connectivity index (χ1) is 7.86. The Labute approximate surface area is 99.3 Å². The van der Waals surface area contributed by atoms with Crippen molar-refractivity contribution < 1.29 is 9.47 Å². The normalized spacial score (nSPS) is 20.8. The average molecular weight is 230 g/mol. The first-order valence-electron chi connectivity index (χ1n) is 6.27. The van der Waals surface area contributed by atoms with Crippen LogP contribution in [0.1, 0.15) is 12.8 Å². The fourth-order valence-corrected chi connectivity index (χ4v) is 2.18. The van der Waals surface area contributed by atoms with Gasteiger partial charge in [0.1, 0.15) is 0 Å². The third-order valence-corrected chi connectivity index (χ3v) is 3.11. The number of ether oxygens (including phenoxy) is 2. The van der Waals surface area contributed by atoms with E-state index in [4.69, 9.17) is 9.47 Å². The van der Waals surface area contributed by atoms with Crippen LogP contribution in [-0.2, 0) is 9.47 Å². The van der Waals surface area contributed by atoms with E-state index in [1.807, 2.05) is 0 Å². The van der Waals surface area contributed by atoms with Gasteiger partial charge < -0.3 is 19.7 Å². The Balaban J connectivity index is 2.18. The molecule has 1 aliphatic rings. The van der Waals surface area contributed by atoms with Crippen molar-refractivity contribution in [1.82, 2.24) is 10.2 Å². The van der Waals surface area contributed by atoms with Crippen molar-refractivity contribution in [2.24, 2.45) is 5.92 Å². The Morgan fingerprint density at radius 1 is 1.19 bits per heavy atom. The number of nitrogens with zero attached hydrogens (tertiary/aromatic N) is 1. The van der Waals surface area contributed by atoms with Gasteiger partial charge in [0.25, 0.3) is 0 Å². The van der Waals surface area contributed by atoms with Gasteiger partial charge in [-0.1, -0.05) is 0 Å². The number of rotatable bonds is 9. The second-order valence-corrected chi connectivity index (χ2v) is 4.50. The van der Waals surface area contributed by atoms with Gasteiger partial charge in [-0.05, 0) is 31.8 Å². The molecule has 1 atom stereocenters. The average Bonchev–Trinajstić information content (AvgIpc) is 2.78. The summed E-state index contributed by atoms with van der Waals surface area (Å²) in [5, 5.41) is 3.42. The van der Waals surface area contributed by atoms with Gasteiger partial charge in [-0.15, -0.1) is 0 Å². The highest BCUT2D eigenvalue weighted by Gasteiger charge is 2.17. The van der Waals surface area contributed by atoms with E-state index in [0.717, 1.165) is 38.6 Å². The molecular formula is C12H26N2O2. The van der Waals surface area contributed by atoms with E-state index in [1.54, 1.807) is 14.2 Å². The van der Waals surface area contributed by atoms with Crippen LogP contribution in [0.25, 0.3) is 0 Å². The lowest BCUT2D eigenvalue weighted by Crippen LogP contribution is -2.34. The maximum atomic E-state index is 5.15. The highest BCUT2D eigenvalue weighted by atomic mass is 16.5. The standard InChI is InChI=1S/C12H26N2O2/c1-15-8-3-6-14(7-9-16-2)11-12-4-5-13-10-12/h12-13H,3-11H2,1-2H3. The molecule has 1 fully saturated rings. The summed E-state index contributed by atoms with van der Waals surface area (Å²) in [6.07, 6.45) is 2.42. The van der Waals surface area contributed by atoms with E-state index in [0.29, 0.717) is 0 Å². The molecule has 96 valence electrons. The molecule has 0 spiro atoms. The molecule has 1 unspecified atom stereocenters. The van der Waals surface area contributed by atoms with E-state index in [2.05, 4.69) is 10.2 Å². The number of nitrogens with one attached hydrogen (secondary N) is 1. The van der Waals surface area contributed by atoms with Crippen molar-refractivity contribution in [3.8, 4) is 0 Å². The molecule has 16 heavy (non-hydrogen) atoms. The smallest absolute Gasteiger partial charge is 0.0589 e. The quantitative estimate of drug-likeness (QED) is 0.588. The molecule has 0 aromatic heterocycles. The van der Waals surface area contributed by atoms with Gasteiger partial charge in [0.05, 0.1) is 6.61 Å². The summed E-state index contributed by atoms with van der Waals surface area (Å²) in [6.45, 7) is 7.39. The van der Waals surface area contributed by atoms with Crippen molar-refractivity contribution in [3.05, 3.63) is 0 Å². The molecule has 0 amide bonds. The zero-order valence-electron chi connectivity index (χ0n) is 10.7. The van der Waals surface area contributed by atoms with Gasteiger partial charge in [0.2, 0.25) is 0 Å². The molecule has 0 saturated carbocycles. The van der Waals surface area contributed by atoms with E-state index < -0.39 is 0 Å². The number of methoxy groups -OCH3 is 2. The summed E-state index contributed by atoms with van der Waals surface area (Å²) < 4.78 is 10.3. The molecule has 4 heteroatoms. The SMILES string of the molecule is COCCCN(CCOC)CC1CCNC1. The van der Waals surface area contributed by atoms with Crippen LogP contribution in [0.5, 0.6) is 0 Å². The maximum absolute atomic E-state index is 5.15. The highest BCUT2D eigenvalue weighted by Crippen LogP contribution is 2.10. The van der Waals surface area contributed by atoms with Crippen molar-refractivity contribution >= 4 is 0 Å². The molecule has 1 rings (SSSR count). The fraction of sp³-hybridized carbons (Fsp3) is 1.00. The van der Waals surface area contributed by atoms with Crippen LogP contribution < -0.4 is 5.32 Å². The first kappa shape index (κ1) is 13.9. The molecule has 1 N–H and O–H groups in total. The summed E-state index contributed by atoms with van der Waals surface area (Å²) in [6, 6.07) is 0. The van der Waals surface area contributed by atoms with Gasteiger partial charge in [0, 0.05) is 40.5 Å². The van der Waals surface area contributed by atoms with Crippen molar-refractivity contribution in [2.45, 2.75) is 12.8 Å². The zero-order chi connectivity index (χ0) is 11.6. The Hall–Kier alpha value is -0.160. The van der Waals surface area contributed by atoms with E-state index in [1.165, 1.54) is 26.1 Å². The van der Waals surface area contributed by atoms with Crippen LogP contribution in [0.15, 0.2) is 0 Å². The Kier molecular flexibility index (Phi) is 7.76. The summed E-state index contributed by atoms with van der Waals surface area (Å²) in [4.78, 5) is 2.50. The highest BCUT2D eigenvalue weighted by molar-refractivity contribution is 4.74. The number of hydrogen-bond acceptors (Lipinski definition) is 4. The Bertz CT molecular complexity index is 161. The van der Waals surface area contributed by atoms with Crippen molar-refractivity contribution in [3.63, 3.8) is 0 Å². The van der Waals surface area contributed by atoms with Gasteiger partial charge in [0.15, 0.2) is 0 Å². The molecule has 0 bridgehead atoms. The molecule has 0 aliphatic carbocycles. The van der Waals surface area contributed by atoms with Crippen LogP contribution in [-0.4, -0.2) is 65.1 Å². The van der Waals surface area contributed by atoms with Crippen molar-refractivity contribution in [2.75, 3.05) is 60.2 Å². The largest absolute Gasteiger partial charge is 0.385 e. The minimum atomic E-state index is 0.819. The predicted octanol–water partition coefficient (Wildman–Crippen LogP) is 0.581. The third kappa shape index (κ3) is 5.80. The second-order valence-electron chi connectivity index (χ2n) is 4.50. The van der Waals surface area contributed by atoms with E-state index in [-0.39, 0.29) is 0 Å². The van der Waals surface area contributed by atoms with Gasteiger partial charge in [-0.2, -0.15) is 0 Å². The van der Waals surface area contributed by atoms with E-state index in [9.17, 15) is 0 Å². The predicted molar refractivity (Wildman–Crippen MR) is 65.8 cm³/mol. The zero-order valence-corrected chi connectivity index (χ0v) is 10.7. The maximum Gasteiger partial charge on any atom is 0.0589 e. The summed E-state index contributed by atoms with van der Waals surface area (Å²) in [7, 11) is 3.53. The van der Waals surface area contributed by atoms with Crippen LogP contribution >= 0.6 is 0 Å².